The molecule has 0 aliphatic heterocycles. The van der Waals surface area contributed by atoms with Crippen LogP contribution in [0.4, 0.5) is 18.9 Å². The molecule has 0 unspecified atom stereocenters. The Labute approximate surface area is 105 Å². The zero-order valence-electron chi connectivity index (χ0n) is 9.64. The Morgan fingerprint density at radius 3 is 2.63 bits per heavy atom. The van der Waals surface area contributed by atoms with Crippen LogP contribution in [0, 0.1) is 15.9 Å². The van der Waals surface area contributed by atoms with Crippen LogP contribution in [0.1, 0.15) is 0 Å². The zero-order chi connectivity index (χ0) is 14.4. The van der Waals surface area contributed by atoms with E-state index in [0.29, 0.717) is 6.07 Å². The molecule has 19 heavy (non-hydrogen) atoms. The van der Waals surface area contributed by atoms with E-state index < -0.39 is 48.0 Å². The van der Waals surface area contributed by atoms with E-state index in [1.54, 1.807) is 0 Å². The van der Waals surface area contributed by atoms with Gasteiger partial charge in [0.25, 0.3) is 11.8 Å². The largest absolute Gasteiger partial charge is 0.476 e. The number of nitro groups is 1. The van der Waals surface area contributed by atoms with E-state index in [0.717, 1.165) is 7.11 Å². The van der Waals surface area contributed by atoms with Crippen LogP contribution in [0.5, 0.6) is 11.8 Å². The van der Waals surface area contributed by atoms with Crippen LogP contribution in [-0.2, 0) is 4.74 Å². The van der Waals surface area contributed by atoms with Gasteiger partial charge in [-0.15, -0.1) is 0 Å². The molecule has 1 rings (SSSR count). The molecule has 0 aliphatic carbocycles. The fraction of sp³-hybridized carbons (Fsp3) is 0.444. The van der Waals surface area contributed by atoms with Crippen molar-refractivity contribution in [3.8, 4) is 11.8 Å². The Kier molecular flexibility index (Phi) is 5.30. The second-order valence-corrected chi connectivity index (χ2v) is 3.04. The third kappa shape index (κ3) is 4.25. The molecule has 0 spiro atoms. The Hall–Kier alpha value is -2.10. The number of methoxy groups -OCH3 is 1. The molecule has 0 saturated carbocycles. The summed E-state index contributed by atoms with van der Waals surface area (Å²) < 4.78 is 49.8. The molecule has 0 atom stereocenters. The minimum absolute atomic E-state index is 0.394. The van der Waals surface area contributed by atoms with Gasteiger partial charge in [-0.3, -0.25) is 10.1 Å². The van der Waals surface area contributed by atoms with Crippen LogP contribution < -0.4 is 9.47 Å². The summed E-state index contributed by atoms with van der Waals surface area (Å²) in [7, 11) is 1.11. The average Bonchev–Trinajstić information content (AvgIpc) is 2.35. The van der Waals surface area contributed by atoms with E-state index in [4.69, 9.17) is 4.74 Å². The van der Waals surface area contributed by atoms with Crippen molar-refractivity contribution in [1.29, 1.82) is 0 Å². The Balaban J connectivity index is 2.76. The lowest BCUT2D eigenvalue weighted by Gasteiger charge is -2.08. The zero-order valence-corrected chi connectivity index (χ0v) is 9.64. The summed E-state index contributed by atoms with van der Waals surface area (Å²) in [6.07, 6.45) is 0. The van der Waals surface area contributed by atoms with E-state index in [9.17, 15) is 23.3 Å². The van der Waals surface area contributed by atoms with E-state index in [2.05, 4.69) is 14.5 Å². The average molecular weight is 282 g/mol. The molecule has 0 N–H and O–H groups in total. The normalized spacial score (nSPS) is 10.6. The summed E-state index contributed by atoms with van der Waals surface area (Å²) in [4.78, 5) is 13.1. The highest BCUT2D eigenvalue weighted by Crippen LogP contribution is 2.29. The van der Waals surface area contributed by atoms with Gasteiger partial charge in [0.2, 0.25) is 0 Å². The predicted octanol–water partition coefficient (Wildman–Crippen LogP) is 1.76. The molecule has 0 aromatic carbocycles. The molecule has 1 heterocycles. The maximum atomic E-state index is 13.4. The third-order valence-corrected chi connectivity index (χ3v) is 1.85. The van der Waals surface area contributed by atoms with Crippen LogP contribution in [0.3, 0.4) is 0 Å². The van der Waals surface area contributed by atoms with Crippen LogP contribution in [0.25, 0.3) is 0 Å². The number of hydrogen-bond acceptors (Lipinski definition) is 6. The predicted molar refractivity (Wildman–Crippen MR) is 54.9 cm³/mol. The number of pyridine rings is 1. The maximum absolute atomic E-state index is 13.4. The van der Waals surface area contributed by atoms with Gasteiger partial charge in [-0.1, -0.05) is 0 Å². The van der Waals surface area contributed by atoms with Crippen molar-refractivity contribution < 1.29 is 32.3 Å². The van der Waals surface area contributed by atoms with E-state index in [-0.39, 0.29) is 0 Å². The first-order chi connectivity index (χ1) is 8.95. The topological polar surface area (TPSA) is 83.7 Å². The molecule has 1 aromatic rings. The number of ether oxygens (including phenoxy) is 3. The Morgan fingerprint density at radius 1 is 1.42 bits per heavy atom. The summed E-state index contributed by atoms with van der Waals surface area (Å²) >= 11 is 0. The molecular weight excluding hydrogens is 273 g/mol. The van der Waals surface area contributed by atoms with Crippen molar-refractivity contribution in [2.24, 2.45) is 0 Å². The number of halogens is 3. The second-order valence-electron chi connectivity index (χ2n) is 3.04. The van der Waals surface area contributed by atoms with Gasteiger partial charge >= 0.3 is 12.3 Å². The quantitative estimate of drug-likeness (QED) is 0.430. The summed E-state index contributed by atoms with van der Waals surface area (Å²) in [6, 6.07) is 0.565. The first kappa shape index (κ1) is 15.0. The lowest BCUT2D eigenvalue weighted by molar-refractivity contribution is -0.386. The SMILES string of the molecule is COc1nc(OCCOC(F)F)c(F)cc1[N+](=O)[O-]. The number of aromatic nitrogens is 1. The van der Waals surface area contributed by atoms with E-state index in [1.807, 2.05) is 0 Å². The van der Waals surface area contributed by atoms with Crippen molar-refractivity contribution in [3.05, 3.63) is 22.0 Å². The third-order valence-electron chi connectivity index (χ3n) is 1.85. The molecule has 0 saturated heterocycles. The van der Waals surface area contributed by atoms with Gasteiger partial charge in [0.1, 0.15) is 6.61 Å². The first-order valence-electron chi connectivity index (χ1n) is 4.87. The van der Waals surface area contributed by atoms with Gasteiger partial charge in [0.05, 0.1) is 24.7 Å². The van der Waals surface area contributed by atoms with Gasteiger partial charge in [-0.25, -0.2) is 4.39 Å². The standard InChI is InChI=1S/C9H9F3N2O5/c1-17-8-6(14(15)16)4-5(10)7(13-8)18-2-3-19-9(11)12/h4,9H,2-3H2,1H3. The fourth-order valence-electron chi connectivity index (χ4n) is 1.10. The van der Waals surface area contributed by atoms with Gasteiger partial charge < -0.3 is 14.2 Å². The maximum Gasteiger partial charge on any atom is 0.345 e. The molecule has 106 valence electrons. The van der Waals surface area contributed by atoms with Gasteiger partial charge in [0, 0.05) is 0 Å². The number of alkyl halides is 2. The number of rotatable bonds is 7. The summed E-state index contributed by atoms with van der Waals surface area (Å²) in [5.41, 5.74) is -0.670. The van der Waals surface area contributed by atoms with Gasteiger partial charge in [-0.05, 0) is 0 Å². The molecule has 7 nitrogen and oxygen atoms in total. The van der Waals surface area contributed by atoms with Gasteiger partial charge in [0.15, 0.2) is 5.82 Å². The fourth-order valence-corrected chi connectivity index (χ4v) is 1.10. The monoisotopic (exact) mass is 282 g/mol. The van der Waals surface area contributed by atoms with Crippen molar-refractivity contribution in [2.75, 3.05) is 20.3 Å². The molecule has 0 bridgehead atoms. The van der Waals surface area contributed by atoms with Crippen LogP contribution in [-0.4, -0.2) is 36.8 Å². The molecule has 0 amide bonds. The molecule has 10 heteroatoms. The second kappa shape index (κ2) is 6.73. The molecular formula is C9H9F3N2O5. The number of nitrogens with zero attached hydrogens (tertiary/aromatic N) is 2. The Morgan fingerprint density at radius 2 is 2.11 bits per heavy atom. The van der Waals surface area contributed by atoms with E-state index >= 15 is 0 Å². The minimum Gasteiger partial charge on any atom is -0.476 e. The minimum atomic E-state index is -2.96. The van der Waals surface area contributed by atoms with E-state index in [1.165, 1.54) is 0 Å². The van der Waals surface area contributed by atoms with Gasteiger partial charge in [-0.2, -0.15) is 13.8 Å². The molecule has 1 aromatic heterocycles. The summed E-state index contributed by atoms with van der Waals surface area (Å²) in [5, 5.41) is 10.6. The highest BCUT2D eigenvalue weighted by atomic mass is 19.3. The molecule has 0 aliphatic rings. The Bertz CT molecular complexity index is 458. The van der Waals surface area contributed by atoms with Crippen molar-refractivity contribution in [3.63, 3.8) is 0 Å². The van der Waals surface area contributed by atoms with Crippen molar-refractivity contribution in [1.82, 2.24) is 4.98 Å². The lowest BCUT2D eigenvalue weighted by Crippen LogP contribution is -2.11. The molecule has 0 fully saturated rings. The highest BCUT2D eigenvalue weighted by molar-refractivity contribution is 5.43. The van der Waals surface area contributed by atoms with Crippen LogP contribution in [0.2, 0.25) is 0 Å². The van der Waals surface area contributed by atoms with Crippen LogP contribution in [0.15, 0.2) is 6.07 Å². The molecule has 0 radical (unpaired) electrons. The summed E-state index contributed by atoms with van der Waals surface area (Å²) in [6.45, 7) is -3.85. The first-order valence-corrected chi connectivity index (χ1v) is 4.87. The smallest absolute Gasteiger partial charge is 0.345 e. The van der Waals surface area contributed by atoms with Crippen molar-refractivity contribution >= 4 is 5.69 Å². The highest BCUT2D eigenvalue weighted by Gasteiger charge is 2.22. The lowest BCUT2D eigenvalue weighted by atomic mass is 10.4. The van der Waals surface area contributed by atoms with Crippen LogP contribution >= 0.6 is 0 Å². The summed E-state index contributed by atoms with van der Waals surface area (Å²) in [5.74, 6) is -2.15. The van der Waals surface area contributed by atoms with Crippen molar-refractivity contribution in [2.45, 2.75) is 6.61 Å². The number of hydrogen-bond donors (Lipinski definition) is 0.